The van der Waals surface area contributed by atoms with Crippen molar-refractivity contribution in [3.05, 3.63) is 41.5 Å². The third kappa shape index (κ3) is 5.86. The zero-order valence-corrected chi connectivity index (χ0v) is 26.4. The Balaban J connectivity index is 1.20. The van der Waals surface area contributed by atoms with Gasteiger partial charge in [0.05, 0.1) is 0 Å². The van der Waals surface area contributed by atoms with E-state index in [1.54, 1.807) is 5.57 Å². The highest BCUT2D eigenvalue weighted by Crippen LogP contribution is 2.67. The Bertz CT molecular complexity index is 1070. The Morgan fingerprint density at radius 2 is 1.77 bits per heavy atom. The van der Waals surface area contributed by atoms with Gasteiger partial charge in [0.15, 0.2) is 0 Å². The van der Waals surface area contributed by atoms with Crippen molar-refractivity contribution in [3.63, 3.8) is 0 Å². The zero-order valence-electron chi connectivity index (χ0n) is 26.4. The summed E-state index contributed by atoms with van der Waals surface area (Å²) in [4.78, 5) is 12.9. The van der Waals surface area contributed by atoms with Crippen molar-refractivity contribution >= 4 is 19.3 Å². The van der Waals surface area contributed by atoms with Crippen LogP contribution < -0.4 is 11.2 Å². The second-order valence-electron chi connectivity index (χ2n) is 15.4. The van der Waals surface area contributed by atoms with Gasteiger partial charge in [0, 0.05) is 6.42 Å². The summed E-state index contributed by atoms with van der Waals surface area (Å²) in [5.41, 5.74) is 11.0. The normalized spacial score (nSPS) is 36.7. The number of esters is 1. The van der Waals surface area contributed by atoms with Gasteiger partial charge in [-0.1, -0.05) is 95.3 Å². The van der Waals surface area contributed by atoms with Gasteiger partial charge in [-0.15, -0.1) is 0 Å². The van der Waals surface area contributed by atoms with E-state index in [1.165, 1.54) is 56.8 Å². The molecule has 220 valence electrons. The number of nitrogens with two attached hydrogens (primary N) is 1. The minimum Gasteiger partial charge on any atom is -0.461 e. The van der Waals surface area contributed by atoms with Gasteiger partial charge in [0.2, 0.25) is 0 Å². The average Bonchev–Trinajstić information content (AvgIpc) is 3.27. The van der Waals surface area contributed by atoms with Crippen LogP contribution in [0.3, 0.4) is 0 Å². The monoisotopic (exact) mass is 545 g/mol. The van der Waals surface area contributed by atoms with Gasteiger partial charge >= 0.3 is 5.97 Å². The molecule has 1 aromatic carbocycles. The fourth-order valence-electron chi connectivity index (χ4n) is 10.1. The predicted molar refractivity (Wildman–Crippen MR) is 169 cm³/mol. The maximum absolute atomic E-state index is 12.9. The van der Waals surface area contributed by atoms with Crippen LogP contribution in [0.4, 0.5) is 0 Å². The molecule has 4 heteroatoms. The smallest absolute Gasteiger partial charge is 0.323 e. The summed E-state index contributed by atoms with van der Waals surface area (Å²) >= 11 is 0. The van der Waals surface area contributed by atoms with Gasteiger partial charge in [0.1, 0.15) is 20.0 Å². The van der Waals surface area contributed by atoms with E-state index in [-0.39, 0.29) is 17.5 Å². The first-order valence-electron chi connectivity index (χ1n) is 16.7. The molecule has 0 amide bonds. The van der Waals surface area contributed by atoms with Gasteiger partial charge in [0.25, 0.3) is 0 Å². The number of fused-ring (bicyclic) bond motifs is 5. The minimum atomic E-state index is -0.597. The van der Waals surface area contributed by atoms with E-state index in [0.29, 0.717) is 11.8 Å². The van der Waals surface area contributed by atoms with Crippen molar-refractivity contribution in [1.82, 2.24) is 0 Å². The van der Waals surface area contributed by atoms with Crippen LogP contribution >= 0.6 is 0 Å². The van der Waals surface area contributed by atoms with Crippen LogP contribution in [-0.2, 0) is 16.0 Å². The lowest BCUT2D eigenvalue weighted by atomic mass is 9.47. The van der Waals surface area contributed by atoms with Crippen molar-refractivity contribution in [2.75, 3.05) is 0 Å². The summed E-state index contributed by atoms with van der Waals surface area (Å²) in [5, 5.41) is 0. The first kappa shape index (κ1) is 29.9. The quantitative estimate of drug-likeness (QED) is 0.212. The predicted octanol–water partition coefficient (Wildman–Crippen LogP) is 6.77. The lowest BCUT2D eigenvalue weighted by Crippen LogP contribution is -2.51. The van der Waals surface area contributed by atoms with Crippen LogP contribution in [0.25, 0.3) is 0 Å². The molecule has 0 aromatic heterocycles. The van der Waals surface area contributed by atoms with E-state index in [0.717, 1.165) is 60.3 Å². The van der Waals surface area contributed by atoms with Gasteiger partial charge < -0.3 is 10.5 Å². The molecule has 3 saturated carbocycles. The molecular weight excluding hydrogens is 489 g/mol. The summed E-state index contributed by atoms with van der Waals surface area (Å²) in [6.45, 7) is 12.5. The number of carbonyl (C=O) groups is 1. The molecule has 0 radical (unpaired) electrons. The second-order valence-corrected chi connectivity index (χ2v) is 15.4. The molecule has 0 saturated heterocycles. The van der Waals surface area contributed by atoms with Crippen LogP contribution in [0.15, 0.2) is 35.9 Å². The standard InChI is InChI=1S/C36H56BNO2/c1-23(2)7-6-8-24(3)30-15-16-31-29-14-11-26-22-28(17-19-35(26,4)32(29)18-20-36(30,31)5)40-34(39)33(38)21-25-9-12-27(37)13-10-25/h9-13,23-24,28-33H,6-8,14-22,37-38H2,1-5H3/t24-,28+,29+,30-,31+,32+,33+,35+,36-/m1/s1. The number of benzene rings is 1. The highest BCUT2D eigenvalue weighted by Gasteiger charge is 2.59. The lowest BCUT2D eigenvalue weighted by molar-refractivity contribution is -0.153. The molecule has 1 aromatic rings. The maximum Gasteiger partial charge on any atom is 0.323 e. The van der Waals surface area contributed by atoms with Crippen molar-refractivity contribution in [3.8, 4) is 0 Å². The Hall–Kier alpha value is -1.55. The van der Waals surface area contributed by atoms with Crippen molar-refractivity contribution < 1.29 is 9.53 Å². The third-order valence-corrected chi connectivity index (χ3v) is 12.4. The van der Waals surface area contributed by atoms with Crippen LogP contribution in [-0.4, -0.2) is 26.0 Å². The van der Waals surface area contributed by atoms with E-state index < -0.39 is 6.04 Å². The van der Waals surface area contributed by atoms with Crippen LogP contribution in [0.2, 0.25) is 0 Å². The summed E-state index contributed by atoms with van der Waals surface area (Å²) in [7, 11) is 2.07. The van der Waals surface area contributed by atoms with E-state index in [4.69, 9.17) is 10.5 Å². The molecule has 2 N–H and O–H groups in total. The van der Waals surface area contributed by atoms with Gasteiger partial charge in [-0.2, -0.15) is 0 Å². The zero-order chi connectivity index (χ0) is 28.7. The largest absolute Gasteiger partial charge is 0.461 e. The summed E-state index contributed by atoms with van der Waals surface area (Å²) in [6.07, 6.45) is 17.2. The van der Waals surface area contributed by atoms with E-state index >= 15 is 0 Å². The van der Waals surface area contributed by atoms with Crippen molar-refractivity contribution in [2.24, 2.45) is 52.1 Å². The number of rotatable bonds is 9. The third-order valence-electron chi connectivity index (χ3n) is 12.4. The van der Waals surface area contributed by atoms with E-state index in [2.05, 4.69) is 72.8 Å². The van der Waals surface area contributed by atoms with E-state index in [9.17, 15) is 4.79 Å². The number of ether oxygens (including phenoxy) is 1. The molecule has 3 fully saturated rings. The summed E-state index contributed by atoms with van der Waals surface area (Å²) in [6, 6.07) is 7.68. The molecular formula is C36H56BNO2. The number of carbonyl (C=O) groups excluding carboxylic acids is 1. The van der Waals surface area contributed by atoms with Crippen LogP contribution in [0, 0.1) is 46.3 Å². The molecule has 0 aliphatic heterocycles. The highest BCUT2D eigenvalue weighted by atomic mass is 16.5. The Labute approximate surface area is 245 Å². The SMILES string of the molecule is Bc1ccc(C[C@H](N)C(=O)O[C@H]2CC[C@@]3(C)C(=CC[C@H]4[C@@H]5CC[C@H]([C@H](C)CCCC(C)C)[C@@]5(C)CC[C@@H]43)C2)cc1. The van der Waals surface area contributed by atoms with Crippen molar-refractivity contribution in [2.45, 2.75) is 124 Å². The Kier molecular flexibility index (Phi) is 8.97. The molecule has 0 unspecified atom stereocenters. The molecule has 4 aliphatic carbocycles. The van der Waals surface area contributed by atoms with E-state index in [1.807, 2.05) is 0 Å². The summed E-state index contributed by atoms with van der Waals surface area (Å²) < 4.78 is 6.05. The number of allylic oxidation sites excluding steroid dienone is 1. The average molecular weight is 546 g/mol. The fourth-order valence-corrected chi connectivity index (χ4v) is 10.1. The van der Waals surface area contributed by atoms with Crippen LogP contribution in [0.1, 0.15) is 111 Å². The van der Waals surface area contributed by atoms with Gasteiger partial charge in [-0.3, -0.25) is 4.79 Å². The van der Waals surface area contributed by atoms with Crippen molar-refractivity contribution in [1.29, 1.82) is 0 Å². The molecule has 5 rings (SSSR count). The summed E-state index contributed by atoms with van der Waals surface area (Å²) in [5.74, 6) is 4.86. The molecule has 0 bridgehead atoms. The second kappa shape index (κ2) is 12.0. The highest BCUT2D eigenvalue weighted by molar-refractivity contribution is 6.32. The molecule has 40 heavy (non-hydrogen) atoms. The first-order chi connectivity index (χ1) is 19.0. The minimum absolute atomic E-state index is 0.0242. The van der Waals surface area contributed by atoms with Gasteiger partial charge in [-0.05, 0) is 103 Å². The molecule has 3 nitrogen and oxygen atoms in total. The first-order valence-corrected chi connectivity index (χ1v) is 16.7. The maximum atomic E-state index is 12.9. The molecule has 4 aliphatic rings. The Morgan fingerprint density at radius 1 is 1.02 bits per heavy atom. The fraction of sp³-hybridized carbons (Fsp3) is 0.750. The lowest BCUT2D eigenvalue weighted by Gasteiger charge is -2.58. The molecule has 9 atom stereocenters. The van der Waals surface area contributed by atoms with Crippen LogP contribution in [0.5, 0.6) is 0 Å². The topological polar surface area (TPSA) is 52.3 Å². The molecule has 0 spiro atoms. The molecule has 0 heterocycles. The number of hydrogen-bond acceptors (Lipinski definition) is 3. The van der Waals surface area contributed by atoms with Gasteiger partial charge in [-0.25, -0.2) is 0 Å². The number of hydrogen-bond donors (Lipinski definition) is 1. The Morgan fingerprint density at radius 3 is 2.50 bits per heavy atom.